The third-order valence-electron chi connectivity index (χ3n) is 5.86. The quantitative estimate of drug-likeness (QED) is 0.403. The molecule has 3 rings (SSSR count). The second-order valence-electron chi connectivity index (χ2n) is 7.96. The van der Waals surface area contributed by atoms with E-state index in [2.05, 4.69) is 5.32 Å². The van der Waals surface area contributed by atoms with Gasteiger partial charge in [0.15, 0.2) is 0 Å². The fourth-order valence-electron chi connectivity index (χ4n) is 3.86. The number of benzene rings is 2. The Balaban J connectivity index is 1.82. The lowest BCUT2D eigenvalue weighted by atomic mass is 9.86. The van der Waals surface area contributed by atoms with E-state index in [-0.39, 0.29) is 34.0 Å². The summed E-state index contributed by atoms with van der Waals surface area (Å²) in [6, 6.07) is 8.70. The van der Waals surface area contributed by atoms with Crippen molar-refractivity contribution in [1.82, 2.24) is 5.32 Å². The van der Waals surface area contributed by atoms with E-state index in [1.807, 2.05) is 13.8 Å². The number of hydrogen-bond acceptors (Lipinski definition) is 2. The van der Waals surface area contributed by atoms with Gasteiger partial charge in [-0.05, 0) is 53.8 Å². The molecule has 1 aliphatic heterocycles. The second-order valence-corrected chi connectivity index (χ2v) is 9.24. The van der Waals surface area contributed by atoms with Gasteiger partial charge in [-0.15, -0.1) is 0 Å². The molecule has 1 atom stereocenters. The van der Waals surface area contributed by atoms with Gasteiger partial charge in [-0.2, -0.15) is 13.2 Å². The number of carbonyl (C=O) groups is 1. The minimum Gasteiger partial charge on any atom is -0.480 e. The highest BCUT2D eigenvalue weighted by atomic mass is 35.5. The zero-order chi connectivity index (χ0) is 24.4. The minimum atomic E-state index is -4.72. The van der Waals surface area contributed by atoms with E-state index in [0.717, 1.165) is 19.1 Å². The van der Waals surface area contributed by atoms with Crippen LogP contribution >= 0.6 is 34.8 Å². The molecule has 0 saturated heterocycles. The molecule has 2 aromatic carbocycles. The summed E-state index contributed by atoms with van der Waals surface area (Å²) in [5, 5.41) is 3.37. The van der Waals surface area contributed by atoms with Crippen LogP contribution in [-0.4, -0.2) is 12.1 Å². The van der Waals surface area contributed by atoms with Crippen molar-refractivity contribution >= 4 is 46.3 Å². The predicted molar refractivity (Wildman–Crippen MR) is 125 cm³/mol. The average molecular weight is 521 g/mol. The van der Waals surface area contributed by atoms with Crippen molar-refractivity contribution in [2.24, 2.45) is 5.92 Å². The van der Waals surface area contributed by atoms with Crippen molar-refractivity contribution in [2.75, 3.05) is 0 Å². The predicted octanol–water partition coefficient (Wildman–Crippen LogP) is 7.92. The zero-order valence-corrected chi connectivity index (χ0v) is 20.3. The highest BCUT2D eigenvalue weighted by molar-refractivity contribution is 6.34. The molecule has 1 unspecified atom stereocenters. The van der Waals surface area contributed by atoms with E-state index in [9.17, 15) is 18.0 Å². The van der Waals surface area contributed by atoms with Crippen molar-refractivity contribution in [1.29, 1.82) is 0 Å². The van der Waals surface area contributed by atoms with Gasteiger partial charge in [-0.25, -0.2) is 0 Å². The van der Waals surface area contributed by atoms with Crippen molar-refractivity contribution < 1.29 is 22.7 Å². The fraction of sp³-hybridized carbons (Fsp3) is 0.375. The number of hydrogen-bond donors (Lipinski definition) is 1. The second kappa shape index (κ2) is 10.2. The first-order valence-electron chi connectivity index (χ1n) is 10.5. The molecule has 33 heavy (non-hydrogen) atoms. The van der Waals surface area contributed by atoms with Gasteiger partial charge >= 0.3 is 6.18 Å². The van der Waals surface area contributed by atoms with Crippen LogP contribution in [0.4, 0.5) is 13.2 Å². The maximum atomic E-state index is 14.2. The Morgan fingerprint density at radius 1 is 1.09 bits per heavy atom. The lowest BCUT2D eigenvalue weighted by molar-refractivity contribution is -0.260. The summed E-state index contributed by atoms with van der Waals surface area (Å²) in [7, 11) is 0. The van der Waals surface area contributed by atoms with Crippen molar-refractivity contribution in [3.8, 4) is 0 Å². The first-order chi connectivity index (χ1) is 15.5. The topological polar surface area (TPSA) is 38.3 Å². The summed E-state index contributed by atoms with van der Waals surface area (Å²) in [6.45, 7) is 4.13. The van der Waals surface area contributed by atoms with Gasteiger partial charge in [0.1, 0.15) is 0 Å². The average Bonchev–Trinajstić information content (AvgIpc) is 3.20. The summed E-state index contributed by atoms with van der Waals surface area (Å²) >= 11 is 18.3. The number of halogens is 6. The first kappa shape index (κ1) is 25.7. The molecule has 1 aliphatic rings. The lowest BCUT2D eigenvalue weighted by Crippen LogP contribution is -2.42. The van der Waals surface area contributed by atoms with Crippen LogP contribution in [0.3, 0.4) is 0 Å². The van der Waals surface area contributed by atoms with Crippen molar-refractivity contribution in [3.63, 3.8) is 0 Å². The standard InChI is InChI=1S/C24H23Cl3F3NO2/c1-3-14(4-2)22(32)31-12-16-6-5-15(7-21(16)27)17-11-23(33-13-17,24(28,29)30)18-8-19(25)10-20(26)9-18/h5-10,13-14H,3-4,11-12H2,1-2H3,(H,31,32). The maximum absolute atomic E-state index is 14.2. The SMILES string of the molecule is CCC(CC)C(=O)NCc1ccc(C2=COC(c3cc(Cl)cc(Cl)c3)(C(F)(F)F)C2)cc1Cl. The van der Waals surface area contributed by atoms with Gasteiger partial charge in [-0.1, -0.05) is 60.8 Å². The highest BCUT2D eigenvalue weighted by Crippen LogP contribution is 2.52. The summed E-state index contributed by atoms with van der Waals surface area (Å²) < 4.78 is 47.8. The lowest BCUT2D eigenvalue weighted by Gasteiger charge is -2.32. The molecule has 0 radical (unpaired) electrons. The van der Waals surface area contributed by atoms with Gasteiger partial charge < -0.3 is 10.1 Å². The molecule has 0 aliphatic carbocycles. The number of rotatable bonds is 7. The summed E-state index contributed by atoms with van der Waals surface area (Å²) in [4.78, 5) is 12.2. The number of carbonyl (C=O) groups excluding carboxylic acids is 1. The molecule has 3 nitrogen and oxygen atoms in total. The van der Waals surface area contributed by atoms with Crippen molar-refractivity contribution in [2.45, 2.75) is 51.4 Å². The van der Waals surface area contributed by atoms with Gasteiger partial charge in [0.2, 0.25) is 11.5 Å². The third kappa shape index (κ3) is 5.44. The molecule has 1 amide bonds. The van der Waals surface area contributed by atoms with Gasteiger partial charge in [0.25, 0.3) is 0 Å². The smallest absolute Gasteiger partial charge is 0.432 e. The summed E-state index contributed by atoms with van der Waals surface area (Å²) in [5.41, 5.74) is -1.29. The Morgan fingerprint density at radius 3 is 2.27 bits per heavy atom. The number of amides is 1. The Kier molecular flexibility index (Phi) is 7.92. The Labute approximate surface area is 205 Å². The van der Waals surface area contributed by atoms with Crippen LogP contribution in [0.2, 0.25) is 15.1 Å². The minimum absolute atomic E-state index is 0.0535. The van der Waals surface area contributed by atoms with Gasteiger partial charge in [-0.3, -0.25) is 4.79 Å². The molecule has 0 bridgehead atoms. The van der Waals surface area contributed by atoms with Crippen LogP contribution in [0.5, 0.6) is 0 Å². The Hall–Kier alpha value is -1.89. The zero-order valence-electron chi connectivity index (χ0n) is 18.0. The maximum Gasteiger partial charge on any atom is 0.432 e. The highest BCUT2D eigenvalue weighted by Gasteiger charge is 2.60. The van der Waals surface area contributed by atoms with Crippen molar-refractivity contribution in [3.05, 3.63) is 74.4 Å². The molecular weight excluding hydrogens is 498 g/mol. The van der Waals surface area contributed by atoms with Crippen LogP contribution in [0, 0.1) is 5.92 Å². The summed E-state index contributed by atoms with van der Waals surface area (Å²) in [6.07, 6.45) is -2.61. The Morgan fingerprint density at radius 2 is 1.73 bits per heavy atom. The normalized spacial score (nSPS) is 18.3. The molecule has 0 fully saturated rings. The van der Waals surface area contributed by atoms with E-state index < -0.39 is 18.2 Å². The molecule has 178 valence electrons. The molecule has 0 spiro atoms. The van der Waals surface area contributed by atoms with Crippen LogP contribution in [-0.2, 0) is 21.7 Å². The third-order valence-corrected chi connectivity index (χ3v) is 6.65. The number of nitrogens with one attached hydrogen (secondary N) is 1. The molecule has 1 N–H and O–H groups in total. The summed E-state index contributed by atoms with van der Waals surface area (Å²) in [5.74, 6) is -0.124. The number of ether oxygens (including phenoxy) is 1. The molecule has 9 heteroatoms. The molecule has 0 aromatic heterocycles. The van der Waals surface area contributed by atoms with E-state index in [1.165, 1.54) is 18.2 Å². The monoisotopic (exact) mass is 519 g/mol. The Bertz CT molecular complexity index is 1050. The van der Waals surface area contributed by atoms with Crippen LogP contribution in [0.25, 0.3) is 5.57 Å². The molecule has 0 saturated carbocycles. The van der Waals surface area contributed by atoms with Crippen LogP contribution in [0.15, 0.2) is 42.7 Å². The van der Waals surface area contributed by atoms with Gasteiger partial charge in [0, 0.05) is 39.5 Å². The number of alkyl halides is 3. The first-order valence-corrected chi connectivity index (χ1v) is 11.6. The van der Waals surface area contributed by atoms with E-state index >= 15 is 0 Å². The molecular formula is C24H23Cl3F3NO2. The largest absolute Gasteiger partial charge is 0.480 e. The van der Waals surface area contributed by atoms with Gasteiger partial charge in [0.05, 0.1) is 6.26 Å². The molecule has 2 aromatic rings. The van der Waals surface area contributed by atoms with Crippen LogP contribution in [0.1, 0.15) is 49.8 Å². The molecule has 1 heterocycles. The fourth-order valence-corrected chi connectivity index (χ4v) is 4.63. The van der Waals surface area contributed by atoms with Crippen LogP contribution < -0.4 is 5.32 Å². The van der Waals surface area contributed by atoms with E-state index in [4.69, 9.17) is 39.5 Å². The van der Waals surface area contributed by atoms with E-state index in [1.54, 1.807) is 18.2 Å². The van der Waals surface area contributed by atoms with E-state index in [0.29, 0.717) is 21.7 Å².